The molecule has 0 aliphatic carbocycles. The standard InChI is InChI=1S/C17H12N4O4S/c1-9-18-11-7-10(4-5-14(11)26-9)19-15(22)12-8-25-17(20-12)21-16(23)13-3-2-6-24-13/h2-8H,1H3,(H,19,22)(H,20,21,23). The van der Waals surface area contributed by atoms with Crippen molar-refractivity contribution in [3.8, 4) is 0 Å². The van der Waals surface area contributed by atoms with Gasteiger partial charge in [-0.1, -0.05) is 0 Å². The zero-order valence-corrected chi connectivity index (χ0v) is 14.3. The second kappa shape index (κ2) is 6.45. The third-order valence-corrected chi connectivity index (χ3v) is 4.41. The summed E-state index contributed by atoms with van der Waals surface area (Å²) < 4.78 is 11.1. The number of thiazole rings is 1. The normalized spacial score (nSPS) is 10.8. The molecule has 0 saturated heterocycles. The fourth-order valence-corrected chi connectivity index (χ4v) is 3.12. The Bertz CT molecular complexity index is 1100. The molecule has 9 heteroatoms. The fourth-order valence-electron chi connectivity index (χ4n) is 2.32. The first kappa shape index (κ1) is 16.0. The van der Waals surface area contributed by atoms with Crippen molar-refractivity contribution in [2.24, 2.45) is 0 Å². The molecule has 2 amide bonds. The number of amides is 2. The van der Waals surface area contributed by atoms with Gasteiger partial charge >= 0.3 is 6.01 Å². The van der Waals surface area contributed by atoms with E-state index in [1.165, 1.54) is 18.6 Å². The van der Waals surface area contributed by atoms with E-state index in [0.717, 1.165) is 15.2 Å². The van der Waals surface area contributed by atoms with Crippen molar-refractivity contribution in [3.63, 3.8) is 0 Å². The van der Waals surface area contributed by atoms with E-state index >= 15 is 0 Å². The summed E-state index contributed by atoms with van der Waals surface area (Å²) >= 11 is 1.58. The molecule has 0 aliphatic rings. The Morgan fingerprint density at radius 3 is 2.77 bits per heavy atom. The molecule has 1 aromatic carbocycles. The van der Waals surface area contributed by atoms with Crippen LogP contribution in [0.4, 0.5) is 11.7 Å². The number of hydrogen-bond acceptors (Lipinski definition) is 7. The van der Waals surface area contributed by atoms with Crippen LogP contribution in [-0.2, 0) is 0 Å². The summed E-state index contributed by atoms with van der Waals surface area (Å²) in [6.07, 6.45) is 2.54. The number of carbonyl (C=O) groups is 2. The second-order valence-corrected chi connectivity index (χ2v) is 6.57. The van der Waals surface area contributed by atoms with Gasteiger partial charge in [-0.2, -0.15) is 4.98 Å². The molecule has 4 aromatic rings. The van der Waals surface area contributed by atoms with Crippen LogP contribution >= 0.6 is 11.3 Å². The summed E-state index contributed by atoms with van der Waals surface area (Å²) in [6, 6.07) is 8.47. The van der Waals surface area contributed by atoms with Crippen molar-refractivity contribution < 1.29 is 18.4 Å². The summed E-state index contributed by atoms with van der Waals surface area (Å²) in [5.41, 5.74) is 1.45. The lowest BCUT2D eigenvalue weighted by atomic mass is 10.3. The monoisotopic (exact) mass is 368 g/mol. The maximum absolute atomic E-state index is 12.3. The molecule has 0 bridgehead atoms. The van der Waals surface area contributed by atoms with Gasteiger partial charge in [0.05, 0.1) is 21.5 Å². The summed E-state index contributed by atoms with van der Waals surface area (Å²) in [5, 5.41) is 6.09. The minimum absolute atomic E-state index is 0.0364. The predicted molar refractivity (Wildman–Crippen MR) is 95.5 cm³/mol. The predicted octanol–water partition coefficient (Wildman–Crippen LogP) is 3.69. The van der Waals surface area contributed by atoms with Crippen molar-refractivity contribution >= 4 is 45.1 Å². The first-order chi connectivity index (χ1) is 12.6. The topological polar surface area (TPSA) is 110 Å². The highest BCUT2D eigenvalue weighted by molar-refractivity contribution is 7.18. The number of nitrogens with zero attached hydrogens (tertiary/aromatic N) is 2. The van der Waals surface area contributed by atoms with Gasteiger partial charge in [0.1, 0.15) is 6.26 Å². The fraction of sp³-hybridized carbons (Fsp3) is 0.0588. The zero-order chi connectivity index (χ0) is 18.1. The number of furan rings is 1. The number of aromatic nitrogens is 2. The van der Waals surface area contributed by atoms with Crippen LogP contribution in [0.3, 0.4) is 0 Å². The van der Waals surface area contributed by atoms with Gasteiger partial charge in [0.15, 0.2) is 11.5 Å². The number of oxazole rings is 1. The van der Waals surface area contributed by atoms with Crippen LogP contribution in [0.25, 0.3) is 10.2 Å². The molecule has 0 spiro atoms. The Hall–Kier alpha value is -3.46. The van der Waals surface area contributed by atoms with E-state index in [4.69, 9.17) is 8.83 Å². The molecule has 26 heavy (non-hydrogen) atoms. The van der Waals surface area contributed by atoms with Gasteiger partial charge in [0.25, 0.3) is 11.8 Å². The third-order valence-electron chi connectivity index (χ3n) is 3.45. The molecule has 0 aliphatic heterocycles. The first-order valence-electron chi connectivity index (χ1n) is 7.57. The summed E-state index contributed by atoms with van der Waals surface area (Å²) in [6.45, 7) is 1.93. The van der Waals surface area contributed by atoms with Crippen LogP contribution in [0.5, 0.6) is 0 Å². The van der Waals surface area contributed by atoms with Crippen molar-refractivity contribution in [1.82, 2.24) is 9.97 Å². The molecular formula is C17H12N4O4S. The molecule has 2 N–H and O–H groups in total. The number of benzene rings is 1. The van der Waals surface area contributed by atoms with Gasteiger partial charge in [-0.15, -0.1) is 11.3 Å². The molecule has 0 unspecified atom stereocenters. The SMILES string of the molecule is Cc1nc2cc(NC(=O)c3coc(NC(=O)c4ccco4)n3)ccc2s1. The molecule has 4 rings (SSSR count). The Morgan fingerprint density at radius 2 is 1.96 bits per heavy atom. The van der Waals surface area contributed by atoms with E-state index in [0.29, 0.717) is 5.69 Å². The van der Waals surface area contributed by atoms with Gasteiger partial charge in [-0.25, -0.2) is 4.98 Å². The maximum atomic E-state index is 12.3. The Labute approximate surface area is 150 Å². The van der Waals surface area contributed by atoms with E-state index in [-0.39, 0.29) is 17.5 Å². The van der Waals surface area contributed by atoms with Crippen molar-refractivity contribution in [1.29, 1.82) is 0 Å². The van der Waals surface area contributed by atoms with Crippen molar-refractivity contribution in [3.05, 3.63) is 59.3 Å². The Balaban J connectivity index is 1.46. The van der Waals surface area contributed by atoms with Crippen molar-refractivity contribution in [2.75, 3.05) is 10.6 Å². The van der Waals surface area contributed by atoms with Crippen LogP contribution < -0.4 is 10.6 Å². The molecule has 0 saturated carbocycles. The molecule has 130 valence electrons. The lowest BCUT2D eigenvalue weighted by molar-refractivity contribution is 0.0990. The first-order valence-corrected chi connectivity index (χ1v) is 8.39. The smallest absolute Gasteiger partial charge is 0.302 e. The molecule has 3 heterocycles. The van der Waals surface area contributed by atoms with E-state index < -0.39 is 11.8 Å². The molecule has 0 fully saturated rings. The van der Waals surface area contributed by atoms with E-state index in [1.54, 1.807) is 29.5 Å². The molecule has 0 atom stereocenters. The zero-order valence-electron chi connectivity index (χ0n) is 13.5. The second-order valence-electron chi connectivity index (χ2n) is 5.34. The molecular weight excluding hydrogens is 356 g/mol. The maximum Gasteiger partial charge on any atom is 0.302 e. The average molecular weight is 368 g/mol. The van der Waals surface area contributed by atoms with Gasteiger partial charge in [-0.3, -0.25) is 14.9 Å². The average Bonchev–Trinajstić information content (AvgIpc) is 3.34. The largest absolute Gasteiger partial charge is 0.459 e. The van der Waals surface area contributed by atoms with E-state index in [1.807, 2.05) is 13.0 Å². The molecule has 8 nitrogen and oxygen atoms in total. The quantitative estimate of drug-likeness (QED) is 0.568. The van der Waals surface area contributed by atoms with E-state index in [2.05, 4.69) is 20.6 Å². The minimum Gasteiger partial charge on any atom is -0.459 e. The van der Waals surface area contributed by atoms with Crippen LogP contribution in [0.15, 0.2) is 51.7 Å². The lowest BCUT2D eigenvalue weighted by Crippen LogP contribution is -2.14. The lowest BCUT2D eigenvalue weighted by Gasteiger charge is -2.02. The number of hydrogen-bond donors (Lipinski definition) is 2. The van der Waals surface area contributed by atoms with E-state index in [9.17, 15) is 9.59 Å². The molecule has 0 radical (unpaired) electrons. The van der Waals surface area contributed by atoms with Crippen LogP contribution in [-0.4, -0.2) is 21.8 Å². The van der Waals surface area contributed by atoms with Gasteiger partial charge in [0.2, 0.25) is 0 Å². The highest BCUT2D eigenvalue weighted by Gasteiger charge is 2.16. The van der Waals surface area contributed by atoms with Crippen LogP contribution in [0.2, 0.25) is 0 Å². The van der Waals surface area contributed by atoms with Crippen molar-refractivity contribution in [2.45, 2.75) is 6.92 Å². The summed E-state index contributed by atoms with van der Waals surface area (Å²) in [7, 11) is 0. The number of carbonyl (C=O) groups excluding carboxylic acids is 2. The minimum atomic E-state index is -0.520. The van der Waals surface area contributed by atoms with Gasteiger partial charge in [-0.05, 0) is 37.3 Å². The number of rotatable bonds is 4. The summed E-state index contributed by atoms with van der Waals surface area (Å²) in [4.78, 5) is 32.5. The van der Waals surface area contributed by atoms with Crippen LogP contribution in [0.1, 0.15) is 26.1 Å². The Kier molecular flexibility index (Phi) is 3.98. The highest BCUT2D eigenvalue weighted by Crippen LogP contribution is 2.24. The number of aryl methyl sites for hydroxylation is 1. The number of nitrogens with one attached hydrogen (secondary N) is 2. The third kappa shape index (κ3) is 3.20. The highest BCUT2D eigenvalue weighted by atomic mass is 32.1. The van der Waals surface area contributed by atoms with Gasteiger partial charge < -0.3 is 14.2 Å². The Morgan fingerprint density at radius 1 is 1.08 bits per heavy atom. The number of fused-ring (bicyclic) bond motifs is 1. The van der Waals surface area contributed by atoms with Crippen LogP contribution in [0, 0.1) is 6.92 Å². The molecule has 3 aromatic heterocycles. The summed E-state index contributed by atoms with van der Waals surface area (Å²) in [5.74, 6) is -0.868. The number of anilines is 2. The van der Waals surface area contributed by atoms with Gasteiger partial charge in [0, 0.05) is 5.69 Å².